The smallest absolute Gasteiger partial charge is 0.263 e. The van der Waals surface area contributed by atoms with E-state index in [0.717, 1.165) is 16.5 Å². The number of aromatic nitrogens is 1. The Labute approximate surface area is 92.7 Å². The third-order valence-corrected chi connectivity index (χ3v) is 2.76. The van der Waals surface area contributed by atoms with Crippen LogP contribution in [0.5, 0.6) is 0 Å². The number of halogens is 2. The number of alkyl halides is 2. The molecule has 0 fully saturated rings. The molecule has 0 aliphatic heterocycles. The highest BCUT2D eigenvalue weighted by Gasteiger charge is 2.11. The van der Waals surface area contributed by atoms with E-state index in [2.05, 4.69) is 0 Å². The van der Waals surface area contributed by atoms with Crippen molar-refractivity contribution in [1.29, 1.82) is 0 Å². The Balaban J connectivity index is 2.60. The van der Waals surface area contributed by atoms with Gasteiger partial charge in [0.1, 0.15) is 0 Å². The van der Waals surface area contributed by atoms with Crippen LogP contribution >= 0.6 is 0 Å². The number of aryl methyl sites for hydroxylation is 1. The highest BCUT2D eigenvalue weighted by atomic mass is 19.3. The lowest BCUT2D eigenvalue weighted by Crippen LogP contribution is -2.02. The lowest BCUT2D eigenvalue weighted by Gasteiger charge is -2.02. The molecule has 86 valence electrons. The van der Waals surface area contributed by atoms with E-state index in [1.165, 1.54) is 6.07 Å². The van der Waals surface area contributed by atoms with Gasteiger partial charge in [-0.1, -0.05) is 6.07 Å². The molecule has 2 nitrogen and oxygen atoms in total. The van der Waals surface area contributed by atoms with Gasteiger partial charge in [-0.2, -0.15) is 0 Å². The first-order valence-corrected chi connectivity index (χ1v) is 5.19. The fourth-order valence-corrected chi connectivity index (χ4v) is 1.98. The number of nitrogens with two attached hydrogens (primary N) is 1. The maximum Gasteiger partial charge on any atom is 0.263 e. The van der Waals surface area contributed by atoms with Gasteiger partial charge in [0.25, 0.3) is 6.43 Å². The second kappa shape index (κ2) is 4.22. The van der Waals surface area contributed by atoms with Crippen LogP contribution in [-0.4, -0.2) is 11.1 Å². The van der Waals surface area contributed by atoms with E-state index in [4.69, 9.17) is 5.73 Å². The standard InChI is InChI=1S/C12H14F2N2/c1-16-7-9(4-5-15)10-6-8(12(13)14)2-3-11(10)16/h2-3,6-7,12H,4-5,15H2,1H3. The summed E-state index contributed by atoms with van der Waals surface area (Å²) in [5, 5.41) is 0.880. The molecular weight excluding hydrogens is 210 g/mol. The fourth-order valence-electron chi connectivity index (χ4n) is 1.98. The largest absolute Gasteiger partial charge is 0.350 e. The van der Waals surface area contributed by atoms with Gasteiger partial charge in [0, 0.05) is 29.7 Å². The molecule has 2 aromatic rings. The molecule has 0 aliphatic rings. The van der Waals surface area contributed by atoms with Gasteiger partial charge in [-0.25, -0.2) is 8.78 Å². The van der Waals surface area contributed by atoms with Gasteiger partial charge in [0.05, 0.1) is 0 Å². The van der Waals surface area contributed by atoms with Gasteiger partial charge < -0.3 is 10.3 Å². The van der Waals surface area contributed by atoms with Crippen LogP contribution in [0.1, 0.15) is 17.6 Å². The first-order chi connectivity index (χ1) is 7.63. The predicted molar refractivity (Wildman–Crippen MR) is 60.6 cm³/mol. The first kappa shape index (κ1) is 11.1. The minimum absolute atomic E-state index is 0.0666. The van der Waals surface area contributed by atoms with Gasteiger partial charge in [-0.05, 0) is 30.7 Å². The minimum atomic E-state index is -2.42. The maximum atomic E-state index is 12.6. The molecule has 0 saturated heterocycles. The van der Waals surface area contributed by atoms with E-state index in [1.54, 1.807) is 12.1 Å². The number of hydrogen-bond donors (Lipinski definition) is 1. The van der Waals surface area contributed by atoms with Crippen LogP contribution in [-0.2, 0) is 13.5 Å². The van der Waals surface area contributed by atoms with Crippen molar-refractivity contribution in [2.75, 3.05) is 6.54 Å². The van der Waals surface area contributed by atoms with Gasteiger partial charge in [-0.3, -0.25) is 0 Å². The van der Waals surface area contributed by atoms with Crippen LogP contribution in [0.15, 0.2) is 24.4 Å². The first-order valence-electron chi connectivity index (χ1n) is 5.19. The molecule has 1 heterocycles. The van der Waals surface area contributed by atoms with Gasteiger partial charge in [0.2, 0.25) is 0 Å². The van der Waals surface area contributed by atoms with Crippen molar-refractivity contribution in [1.82, 2.24) is 4.57 Å². The summed E-state index contributed by atoms with van der Waals surface area (Å²) >= 11 is 0. The zero-order valence-electron chi connectivity index (χ0n) is 9.08. The lowest BCUT2D eigenvalue weighted by molar-refractivity contribution is 0.151. The molecule has 0 unspecified atom stereocenters. The minimum Gasteiger partial charge on any atom is -0.350 e. The van der Waals surface area contributed by atoms with Crippen LogP contribution in [0.3, 0.4) is 0 Å². The van der Waals surface area contributed by atoms with Crippen LogP contribution in [0.25, 0.3) is 10.9 Å². The molecular formula is C12H14F2N2. The van der Waals surface area contributed by atoms with Crippen molar-refractivity contribution in [2.24, 2.45) is 12.8 Å². The van der Waals surface area contributed by atoms with Crippen LogP contribution < -0.4 is 5.73 Å². The zero-order chi connectivity index (χ0) is 11.7. The van der Waals surface area contributed by atoms with Crippen molar-refractivity contribution in [2.45, 2.75) is 12.8 Å². The summed E-state index contributed by atoms with van der Waals surface area (Å²) in [5.74, 6) is 0. The van der Waals surface area contributed by atoms with Crippen LogP contribution in [0, 0.1) is 0 Å². The Bertz CT molecular complexity index is 503. The van der Waals surface area contributed by atoms with Crippen LogP contribution in [0.2, 0.25) is 0 Å². The normalized spacial score (nSPS) is 11.6. The number of hydrogen-bond acceptors (Lipinski definition) is 1. The molecule has 1 aromatic carbocycles. The highest BCUT2D eigenvalue weighted by molar-refractivity contribution is 5.84. The zero-order valence-corrected chi connectivity index (χ0v) is 9.08. The van der Waals surface area contributed by atoms with E-state index in [9.17, 15) is 8.78 Å². The van der Waals surface area contributed by atoms with E-state index >= 15 is 0 Å². The monoisotopic (exact) mass is 224 g/mol. The summed E-state index contributed by atoms with van der Waals surface area (Å²) in [6.45, 7) is 0.526. The lowest BCUT2D eigenvalue weighted by atomic mass is 10.1. The average Bonchev–Trinajstić information content (AvgIpc) is 2.56. The molecule has 0 amide bonds. The van der Waals surface area contributed by atoms with E-state index in [-0.39, 0.29) is 5.56 Å². The topological polar surface area (TPSA) is 30.9 Å². The molecule has 4 heteroatoms. The average molecular weight is 224 g/mol. The third kappa shape index (κ3) is 1.80. The number of nitrogens with zero attached hydrogens (tertiary/aromatic N) is 1. The Hall–Kier alpha value is -1.42. The van der Waals surface area contributed by atoms with Gasteiger partial charge in [0.15, 0.2) is 0 Å². The maximum absolute atomic E-state index is 12.6. The molecule has 0 spiro atoms. The van der Waals surface area contributed by atoms with Crippen LogP contribution in [0.4, 0.5) is 8.78 Å². The number of fused-ring (bicyclic) bond motifs is 1. The highest BCUT2D eigenvalue weighted by Crippen LogP contribution is 2.27. The van der Waals surface area contributed by atoms with Gasteiger partial charge >= 0.3 is 0 Å². The van der Waals surface area contributed by atoms with Crippen molar-refractivity contribution in [3.8, 4) is 0 Å². The molecule has 0 atom stereocenters. The number of benzene rings is 1. The summed E-state index contributed by atoms with van der Waals surface area (Å²) in [5.41, 5.74) is 7.56. The Kier molecular flexibility index (Phi) is 2.92. The van der Waals surface area contributed by atoms with Crippen molar-refractivity contribution < 1.29 is 8.78 Å². The summed E-state index contributed by atoms with van der Waals surface area (Å²) < 4.78 is 27.1. The quantitative estimate of drug-likeness (QED) is 0.853. The third-order valence-electron chi connectivity index (χ3n) is 2.76. The van der Waals surface area contributed by atoms with E-state index in [1.807, 2.05) is 17.8 Å². The van der Waals surface area contributed by atoms with E-state index < -0.39 is 6.43 Å². The fraction of sp³-hybridized carbons (Fsp3) is 0.333. The molecule has 2 N–H and O–H groups in total. The Morgan fingerprint density at radius 3 is 2.75 bits per heavy atom. The Morgan fingerprint density at radius 2 is 2.12 bits per heavy atom. The van der Waals surface area contributed by atoms with Crippen molar-refractivity contribution in [3.05, 3.63) is 35.5 Å². The molecule has 0 saturated carbocycles. The van der Waals surface area contributed by atoms with Crippen molar-refractivity contribution in [3.63, 3.8) is 0 Å². The molecule has 0 bridgehead atoms. The number of rotatable bonds is 3. The summed E-state index contributed by atoms with van der Waals surface area (Å²) in [6.07, 6.45) is 0.243. The summed E-state index contributed by atoms with van der Waals surface area (Å²) in [4.78, 5) is 0. The van der Waals surface area contributed by atoms with Gasteiger partial charge in [-0.15, -0.1) is 0 Å². The summed E-state index contributed by atoms with van der Waals surface area (Å²) in [7, 11) is 1.91. The molecule has 2 rings (SSSR count). The second-order valence-corrected chi connectivity index (χ2v) is 3.88. The molecule has 16 heavy (non-hydrogen) atoms. The summed E-state index contributed by atoms with van der Waals surface area (Å²) in [6, 6.07) is 4.76. The van der Waals surface area contributed by atoms with Crippen molar-refractivity contribution >= 4 is 10.9 Å². The Morgan fingerprint density at radius 1 is 1.38 bits per heavy atom. The molecule has 0 radical (unpaired) electrons. The van der Waals surface area contributed by atoms with E-state index in [0.29, 0.717) is 13.0 Å². The molecule has 1 aromatic heterocycles. The molecule has 0 aliphatic carbocycles. The predicted octanol–water partition coefficient (Wildman–Crippen LogP) is 2.62. The second-order valence-electron chi connectivity index (χ2n) is 3.88. The SMILES string of the molecule is Cn1cc(CCN)c2cc(C(F)F)ccc21.